The van der Waals surface area contributed by atoms with E-state index in [2.05, 4.69) is 5.32 Å². The van der Waals surface area contributed by atoms with Crippen molar-refractivity contribution in [2.75, 3.05) is 19.6 Å². The van der Waals surface area contributed by atoms with E-state index in [9.17, 15) is 31.1 Å². The van der Waals surface area contributed by atoms with Crippen molar-refractivity contribution in [3.05, 3.63) is 95.3 Å². The molecule has 38 heavy (non-hydrogen) atoms. The van der Waals surface area contributed by atoms with E-state index in [1.807, 2.05) is 35.2 Å². The maximum absolute atomic E-state index is 13.4. The topological polar surface area (TPSA) is 41.6 Å². The molecule has 1 aliphatic heterocycles. The summed E-state index contributed by atoms with van der Waals surface area (Å²) in [6.45, 7) is 0.933. The van der Waals surface area contributed by atoms with Gasteiger partial charge in [0.1, 0.15) is 5.76 Å². The summed E-state index contributed by atoms with van der Waals surface area (Å²) >= 11 is 0. The monoisotopic (exact) mass is 538 g/mol. The number of halogens is 6. The van der Waals surface area contributed by atoms with Crippen LogP contribution in [0.5, 0.6) is 0 Å². The van der Waals surface area contributed by atoms with Crippen molar-refractivity contribution in [2.45, 2.75) is 43.8 Å². The van der Waals surface area contributed by atoms with E-state index in [1.165, 1.54) is 18.2 Å². The lowest BCUT2D eigenvalue weighted by Crippen LogP contribution is -2.51. The maximum atomic E-state index is 13.4. The Morgan fingerprint density at radius 1 is 1.03 bits per heavy atom. The molecule has 204 valence electrons. The Morgan fingerprint density at radius 2 is 1.76 bits per heavy atom. The van der Waals surface area contributed by atoms with Gasteiger partial charge in [0.15, 0.2) is 0 Å². The second kappa shape index (κ2) is 11.2. The van der Waals surface area contributed by atoms with Crippen molar-refractivity contribution in [1.29, 1.82) is 0 Å². The molecule has 0 spiro atoms. The molecule has 1 heterocycles. The third-order valence-corrected chi connectivity index (χ3v) is 6.73. The first kappa shape index (κ1) is 27.8. The zero-order chi connectivity index (χ0) is 27.4. The number of amides is 1. The summed E-state index contributed by atoms with van der Waals surface area (Å²) < 4.78 is 84.7. The van der Waals surface area contributed by atoms with Crippen molar-refractivity contribution < 1.29 is 35.9 Å². The van der Waals surface area contributed by atoms with Crippen LogP contribution in [0.2, 0.25) is 0 Å². The first-order valence-corrected chi connectivity index (χ1v) is 12.3. The average molecular weight is 539 g/mol. The minimum absolute atomic E-state index is 0.0777. The Balaban J connectivity index is 1.47. The van der Waals surface area contributed by atoms with Crippen molar-refractivity contribution in [3.8, 4) is 0 Å². The van der Waals surface area contributed by atoms with Crippen LogP contribution in [0.25, 0.3) is 0 Å². The molecular weight excluding hydrogens is 510 g/mol. The number of likely N-dealkylation sites (tertiary alicyclic amines) is 1. The lowest BCUT2D eigenvalue weighted by Gasteiger charge is -2.31. The molecule has 4 rings (SSSR count). The van der Waals surface area contributed by atoms with Crippen LogP contribution in [0.3, 0.4) is 0 Å². The molecular formula is C28H28F6N2O2. The number of ether oxygens (including phenoxy) is 1. The number of benzene rings is 2. The predicted octanol–water partition coefficient (Wildman–Crippen LogP) is 6.05. The van der Waals surface area contributed by atoms with E-state index < -0.39 is 35.3 Å². The molecule has 2 aliphatic rings. The summed E-state index contributed by atoms with van der Waals surface area (Å²) in [4.78, 5) is 15.2. The van der Waals surface area contributed by atoms with Gasteiger partial charge in [-0.05, 0) is 42.2 Å². The van der Waals surface area contributed by atoms with Crippen LogP contribution in [0.4, 0.5) is 26.3 Å². The van der Waals surface area contributed by atoms with Gasteiger partial charge in [-0.15, -0.1) is 0 Å². The number of carbonyl (C=O) groups excluding carboxylic acids is 1. The van der Waals surface area contributed by atoms with Crippen molar-refractivity contribution in [2.24, 2.45) is 5.92 Å². The first-order chi connectivity index (χ1) is 17.9. The average Bonchev–Trinajstić information content (AvgIpc) is 3.27. The van der Waals surface area contributed by atoms with Gasteiger partial charge in [-0.2, -0.15) is 26.3 Å². The molecule has 1 saturated heterocycles. The quantitative estimate of drug-likeness (QED) is 0.417. The number of allylic oxidation sites excluding steroid dienone is 3. The fourth-order valence-electron chi connectivity index (χ4n) is 4.68. The highest BCUT2D eigenvalue weighted by molar-refractivity contribution is 5.86. The number of alkyl halides is 6. The number of nitrogens with one attached hydrogen (secondary N) is 1. The minimum Gasteiger partial charge on any atom is -0.476 e. The number of carbonyl (C=O) groups is 1. The lowest BCUT2D eigenvalue weighted by atomic mass is 9.98. The van der Waals surface area contributed by atoms with E-state index in [0.717, 1.165) is 23.8 Å². The standard InChI is InChI=1S/C28H28F6N2O2/c29-27(30,31)22-9-11-24(12-10-22)38-26(25(37)35-15-13-20-5-2-1-3-6-20)14-16-36(19-26)18-21-7-4-8-23(17-21)28(32,33)34/h1-9,11-12,17,22H,10,13-16,18-19H2,(H,35,37). The molecule has 1 aliphatic carbocycles. The zero-order valence-electron chi connectivity index (χ0n) is 20.5. The molecule has 4 nitrogen and oxygen atoms in total. The fourth-order valence-corrected chi connectivity index (χ4v) is 4.68. The molecule has 2 unspecified atom stereocenters. The van der Waals surface area contributed by atoms with E-state index in [0.29, 0.717) is 25.1 Å². The third-order valence-electron chi connectivity index (χ3n) is 6.73. The Labute approximate surface area is 217 Å². The molecule has 10 heteroatoms. The van der Waals surface area contributed by atoms with Crippen LogP contribution in [-0.4, -0.2) is 42.2 Å². The molecule has 0 radical (unpaired) electrons. The van der Waals surface area contributed by atoms with Crippen molar-refractivity contribution in [3.63, 3.8) is 0 Å². The van der Waals surface area contributed by atoms with Crippen LogP contribution < -0.4 is 5.32 Å². The summed E-state index contributed by atoms with van der Waals surface area (Å²) in [6.07, 6.45) is -4.76. The van der Waals surface area contributed by atoms with Gasteiger partial charge in [-0.3, -0.25) is 9.69 Å². The highest BCUT2D eigenvalue weighted by Gasteiger charge is 2.48. The zero-order valence-corrected chi connectivity index (χ0v) is 20.5. The molecule has 0 bridgehead atoms. The molecule has 2 aromatic carbocycles. The van der Waals surface area contributed by atoms with Crippen LogP contribution >= 0.6 is 0 Å². The van der Waals surface area contributed by atoms with Gasteiger partial charge in [0, 0.05) is 32.6 Å². The number of hydrogen-bond acceptors (Lipinski definition) is 3. The van der Waals surface area contributed by atoms with Crippen LogP contribution in [0.15, 0.2) is 78.6 Å². The summed E-state index contributed by atoms with van der Waals surface area (Å²) in [5.41, 5.74) is -0.687. The summed E-state index contributed by atoms with van der Waals surface area (Å²) in [5.74, 6) is -1.86. The molecule has 0 saturated carbocycles. The van der Waals surface area contributed by atoms with Gasteiger partial charge < -0.3 is 10.1 Å². The van der Waals surface area contributed by atoms with Gasteiger partial charge >= 0.3 is 12.4 Å². The maximum Gasteiger partial charge on any atom is 0.416 e. The minimum atomic E-state index is -4.47. The fraction of sp³-hybridized carbons (Fsp3) is 0.393. The molecule has 1 fully saturated rings. The number of hydrogen-bond donors (Lipinski definition) is 1. The Bertz CT molecular complexity index is 1180. The van der Waals surface area contributed by atoms with Gasteiger partial charge in [-0.1, -0.05) is 54.6 Å². The van der Waals surface area contributed by atoms with Crippen molar-refractivity contribution >= 4 is 5.91 Å². The van der Waals surface area contributed by atoms with Crippen molar-refractivity contribution in [1.82, 2.24) is 10.2 Å². The Morgan fingerprint density at radius 3 is 2.42 bits per heavy atom. The largest absolute Gasteiger partial charge is 0.476 e. The molecule has 2 aromatic rings. The summed E-state index contributed by atoms with van der Waals surface area (Å²) in [7, 11) is 0. The summed E-state index contributed by atoms with van der Waals surface area (Å²) in [6, 6.07) is 14.5. The number of nitrogens with zero attached hydrogens (tertiary/aromatic N) is 1. The SMILES string of the molecule is O=C(NCCc1ccccc1)C1(OC2=CCC(C(F)(F)F)C=C2)CCN(Cc2cccc(C(F)(F)F)c2)C1. The molecule has 1 N–H and O–H groups in total. The van der Waals surface area contributed by atoms with Gasteiger partial charge in [0.25, 0.3) is 5.91 Å². The number of rotatable bonds is 8. The van der Waals surface area contributed by atoms with Gasteiger partial charge in [0.2, 0.25) is 5.60 Å². The summed E-state index contributed by atoms with van der Waals surface area (Å²) in [5, 5.41) is 2.88. The smallest absolute Gasteiger partial charge is 0.416 e. The second-order valence-electron chi connectivity index (χ2n) is 9.60. The van der Waals surface area contributed by atoms with E-state index in [4.69, 9.17) is 4.74 Å². The highest BCUT2D eigenvalue weighted by atomic mass is 19.4. The van der Waals surface area contributed by atoms with Crippen LogP contribution in [-0.2, 0) is 28.7 Å². The predicted molar refractivity (Wildman–Crippen MR) is 130 cm³/mol. The lowest BCUT2D eigenvalue weighted by molar-refractivity contribution is -0.161. The highest BCUT2D eigenvalue weighted by Crippen LogP contribution is 2.36. The van der Waals surface area contributed by atoms with Crippen LogP contribution in [0, 0.1) is 5.92 Å². The normalized spacial score (nSPS) is 22.3. The first-order valence-electron chi connectivity index (χ1n) is 12.3. The molecule has 0 aromatic heterocycles. The van der Waals surface area contributed by atoms with Gasteiger partial charge in [-0.25, -0.2) is 0 Å². The van der Waals surface area contributed by atoms with Crippen LogP contribution in [0.1, 0.15) is 29.5 Å². The van der Waals surface area contributed by atoms with E-state index in [1.54, 1.807) is 6.07 Å². The molecule has 1 amide bonds. The van der Waals surface area contributed by atoms with Gasteiger partial charge in [0.05, 0.1) is 11.5 Å². The van der Waals surface area contributed by atoms with E-state index in [-0.39, 0.29) is 31.7 Å². The Kier molecular flexibility index (Phi) is 8.20. The van der Waals surface area contributed by atoms with E-state index >= 15 is 0 Å². The second-order valence-corrected chi connectivity index (χ2v) is 9.60. The Hall–Kier alpha value is -3.27. The molecule has 2 atom stereocenters. The third kappa shape index (κ3) is 6.98.